The molecule has 0 heterocycles. The smallest absolute Gasteiger partial charge is 0.417 e. The number of rotatable bonds is 4. The molecule has 2 aromatic carbocycles. The highest BCUT2D eigenvalue weighted by Gasteiger charge is 2.34. The first-order valence-electron chi connectivity index (χ1n) is 5.86. The predicted octanol–water partition coefficient (Wildman–Crippen LogP) is 3.97. The van der Waals surface area contributed by atoms with Gasteiger partial charge in [0.2, 0.25) is 5.78 Å². The van der Waals surface area contributed by atoms with E-state index in [1.54, 1.807) is 30.3 Å². The van der Waals surface area contributed by atoms with Gasteiger partial charge in [0.25, 0.3) is 0 Å². The number of para-hydroxylation sites is 1. The van der Waals surface area contributed by atoms with Crippen LogP contribution in [0.5, 0.6) is 5.75 Å². The molecule has 2 nitrogen and oxygen atoms in total. The number of Topliss-reactive ketones (excluding diaryl/α,β-unsaturated/α-hetero) is 1. The zero-order chi connectivity index (χ0) is 14.6. The van der Waals surface area contributed by atoms with Crippen LogP contribution in [0.15, 0.2) is 54.6 Å². The zero-order valence-electron chi connectivity index (χ0n) is 10.4. The van der Waals surface area contributed by atoms with Gasteiger partial charge in [0.1, 0.15) is 5.75 Å². The van der Waals surface area contributed by atoms with Gasteiger partial charge in [-0.1, -0.05) is 36.4 Å². The zero-order valence-corrected chi connectivity index (χ0v) is 10.4. The summed E-state index contributed by atoms with van der Waals surface area (Å²) in [6, 6.07) is 13.1. The van der Waals surface area contributed by atoms with E-state index >= 15 is 0 Å². The topological polar surface area (TPSA) is 26.3 Å². The Morgan fingerprint density at radius 2 is 1.55 bits per heavy atom. The first-order valence-corrected chi connectivity index (χ1v) is 5.86. The lowest BCUT2D eigenvalue weighted by Crippen LogP contribution is -2.17. The van der Waals surface area contributed by atoms with Gasteiger partial charge < -0.3 is 4.74 Å². The van der Waals surface area contributed by atoms with Gasteiger partial charge in [-0.2, -0.15) is 13.2 Å². The quantitative estimate of drug-likeness (QED) is 0.792. The summed E-state index contributed by atoms with van der Waals surface area (Å²) in [5, 5.41) is 0. The fourth-order valence-electron chi connectivity index (χ4n) is 1.72. The van der Waals surface area contributed by atoms with Crippen LogP contribution in [0.1, 0.15) is 15.9 Å². The second kappa shape index (κ2) is 5.77. The van der Waals surface area contributed by atoms with E-state index in [4.69, 9.17) is 4.74 Å². The molecule has 0 aliphatic rings. The van der Waals surface area contributed by atoms with E-state index in [2.05, 4.69) is 0 Å². The number of carbonyl (C=O) groups is 1. The molecule has 0 aliphatic heterocycles. The molecule has 0 bridgehead atoms. The number of carbonyl (C=O) groups excluding carboxylic acids is 1. The molecule has 2 aromatic rings. The fourth-order valence-corrected chi connectivity index (χ4v) is 1.72. The Balaban J connectivity index is 2.14. The van der Waals surface area contributed by atoms with Crippen molar-refractivity contribution in [1.82, 2.24) is 0 Å². The Morgan fingerprint density at radius 1 is 0.950 bits per heavy atom. The van der Waals surface area contributed by atoms with E-state index in [0.717, 1.165) is 12.1 Å². The minimum Gasteiger partial charge on any atom is -0.485 e. The third-order valence-electron chi connectivity index (χ3n) is 2.65. The van der Waals surface area contributed by atoms with Crippen molar-refractivity contribution in [3.8, 4) is 5.75 Å². The van der Waals surface area contributed by atoms with Crippen LogP contribution in [0.2, 0.25) is 0 Å². The Labute approximate surface area is 113 Å². The van der Waals surface area contributed by atoms with Crippen molar-refractivity contribution in [3.05, 3.63) is 65.7 Å². The number of ketones is 1. The summed E-state index contributed by atoms with van der Waals surface area (Å²) in [5.41, 5.74) is -1.32. The Hall–Kier alpha value is -2.30. The number of alkyl halides is 3. The van der Waals surface area contributed by atoms with Crippen LogP contribution in [0.3, 0.4) is 0 Å². The van der Waals surface area contributed by atoms with E-state index in [0.29, 0.717) is 5.75 Å². The highest BCUT2D eigenvalue weighted by atomic mass is 19.4. The Morgan fingerprint density at radius 3 is 2.20 bits per heavy atom. The molecule has 0 atom stereocenters. The third kappa shape index (κ3) is 3.38. The maximum atomic E-state index is 12.8. The molecule has 0 amide bonds. The molecule has 0 aromatic heterocycles. The number of halogens is 3. The van der Waals surface area contributed by atoms with Gasteiger partial charge >= 0.3 is 6.18 Å². The van der Waals surface area contributed by atoms with Crippen LogP contribution in [0.4, 0.5) is 13.2 Å². The van der Waals surface area contributed by atoms with E-state index in [1.807, 2.05) is 0 Å². The van der Waals surface area contributed by atoms with Crippen molar-refractivity contribution in [1.29, 1.82) is 0 Å². The van der Waals surface area contributed by atoms with Gasteiger partial charge in [-0.15, -0.1) is 0 Å². The minimum absolute atomic E-state index is 0.379. The maximum absolute atomic E-state index is 12.8. The standard InChI is InChI=1S/C15H11F3O2/c16-15(17,18)13-9-5-4-8-12(13)14(19)10-20-11-6-2-1-3-7-11/h1-9H,10H2. The van der Waals surface area contributed by atoms with Gasteiger partial charge in [-0.05, 0) is 18.2 Å². The molecule has 0 spiro atoms. The number of hydrogen-bond acceptors (Lipinski definition) is 2. The minimum atomic E-state index is -4.56. The van der Waals surface area contributed by atoms with Crippen LogP contribution >= 0.6 is 0 Å². The fraction of sp³-hybridized carbons (Fsp3) is 0.133. The van der Waals surface area contributed by atoms with Gasteiger partial charge in [-0.3, -0.25) is 4.79 Å². The largest absolute Gasteiger partial charge is 0.485 e. The Kier molecular flexibility index (Phi) is 4.08. The van der Waals surface area contributed by atoms with Crippen molar-refractivity contribution in [2.45, 2.75) is 6.18 Å². The highest BCUT2D eigenvalue weighted by molar-refractivity contribution is 5.98. The Bertz CT molecular complexity index is 592. The maximum Gasteiger partial charge on any atom is 0.417 e. The van der Waals surface area contributed by atoms with Gasteiger partial charge in [-0.25, -0.2) is 0 Å². The lowest BCUT2D eigenvalue weighted by Gasteiger charge is -2.12. The van der Waals surface area contributed by atoms with Gasteiger partial charge in [0, 0.05) is 5.56 Å². The summed E-state index contributed by atoms with van der Waals surface area (Å²) in [6.07, 6.45) is -4.56. The lowest BCUT2D eigenvalue weighted by molar-refractivity contribution is -0.137. The molecule has 0 unspecified atom stereocenters. The first kappa shape index (κ1) is 14.1. The van der Waals surface area contributed by atoms with Crippen LogP contribution < -0.4 is 4.74 Å². The molecule has 0 radical (unpaired) electrons. The summed E-state index contributed by atoms with van der Waals surface area (Å²) < 4.78 is 43.5. The van der Waals surface area contributed by atoms with Crippen LogP contribution in [-0.2, 0) is 6.18 Å². The van der Waals surface area contributed by atoms with Crippen molar-refractivity contribution in [2.24, 2.45) is 0 Å². The van der Waals surface area contributed by atoms with Gasteiger partial charge in [0.15, 0.2) is 6.61 Å². The SMILES string of the molecule is O=C(COc1ccccc1)c1ccccc1C(F)(F)F. The van der Waals surface area contributed by atoms with Crippen molar-refractivity contribution < 1.29 is 22.7 Å². The normalized spacial score (nSPS) is 11.2. The third-order valence-corrected chi connectivity index (χ3v) is 2.65. The molecular weight excluding hydrogens is 269 g/mol. The highest BCUT2D eigenvalue weighted by Crippen LogP contribution is 2.32. The molecule has 0 saturated heterocycles. The summed E-state index contributed by atoms with van der Waals surface area (Å²) in [6.45, 7) is -0.433. The monoisotopic (exact) mass is 280 g/mol. The second-order valence-corrected chi connectivity index (χ2v) is 4.07. The number of ether oxygens (including phenoxy) is 1. The predicted molar refractivity (Wildman–Crippen MR) is 67.7 cm³/mol. The van der Waals surface area contributed by atoms with Crippen molar-refractivity contribution in [3.63, 3.8) is 0 Å². The van der Waals surface area contributed by atoms with E-state index in [9.17, 15) is 18.0 Å². The summed E-state index contributed by atoms with van der Waals surface area (Å²) >= 11 is 0. The van der Waals surface area contributed by atoms with Crippen LogP contribution in [0.25, 0.3) is 0 Å². The molecule has 0 saturated carbocycles. The van der Waals surface area contributed by atoms with Crippen LogP contribution in [0, 0.1) is 0 Å². The average Bonchev–Trinajstić information content (AvgIpc) is 2.45. The molecule has 20 heavy (non-hydrogen) atoms. The lowest BCUT2D eigenvalue weighted by atomic mass is 10.0. The van der Waals surface area contributed by atoms with Gasteiger partial charge in [0.05, 0.1) is 5.56 Å². The molecule has 104 valence electrons. The molecule has 0 aliphatic carbocycles. The molecule has 0 fully saturated rings. The second-order valence-electron chi connectivity index (χ2n) is 4.07. The number of hydrogen-bond donors (Lipinski definition) is 0. The van der Waals surface area contributed by atoms with E-state index in [1.165, 1.54) is 12.1 Å². The van der Waals surface area contributed by atoms with Crippen molar-refractivity contribution in [2.75, 3.05) is 6.61 Å². The van der Waals surface area contributed by atoms with Crippen LogP contribution in [-0.4, -0.2) is 12.4 Å². The molecule has 0 N–H and O–H groups in total. The van der Waals surface area contributed by atoms with E-state index < -0.39 is 24.1 Å². The van der Waals surface area contributed by atoms with Crippen molar-refractivity contribution >= 4 is 5.78 Å². The average molecular weight is 280 g/mol. The summed E-state index contributed by atoms with van der Waals surface area (Å²) in [4.78, 5) is 11.9. The number of benzene rings is 2. The van der Waals surface area contributed by atoms with E-state index in [-0.39, 0.29) is 5.56 Å². The molecule has 5 heteroatoms. The molecular formula is C15H11F3O2. The summed E-state index contributed by atoms with van der Waals surface area (Å²) in [5.74, 6) is -0.271. The molecule has 2 rings (SSSR count). The summed E-state index contributed by atoms with van der Waals surface area (Å²) in [7, 11) is 0. The first-order chi connectivity index (χ1) is 9.48.